The van der Waals surface area contributed by atoms with Gasteiger partial charge in [-0.05, 0) is 30.5 Å². The van der Waals surface area contributed by atoms with Crippen LogP contribution in [0.4, 0.5) is 0 Å². The first kappa shape index (κ1) is 15.8. The van der Waals surface area contributed by atoms with E-state index in [2.05, 4.69) is 6.92 Å². The monoisotopic (exact) mass is 262 g/mol. The minimum absolute atomic E-state index is 0.800. The number of aliphatic hydroxyl groups excluding tert-OH is 1. The highest BCUT2D eigenvalue weighted by Gasteiger charge is 2.04. The normalized spacial score (nSPS) is 9.56. The van der Waals surface area contributed by atoms with Crippen LogP contribution in [0.15, 0.2) is 18.2 Å². The zero-order chi connectivity index (χ0) is 12.4. The number of rotatable bonds is 5. The van der Waals surface area contributed by atoms with E-state index in [9.17, 15) is 0 Å². The SMILES string of the molecule is CCCCCCc1c(Cl)cccc1Cl.CO. The standard InChI is InChI=1S/C12H16Cl2.CH4O/c1-2-3-4-5-7-10-11(13)8-6-9-12(10)14;1-2/h6,8-9H,2-5,7H2,1H3;2H,1H3. The molecule has 0 saturated heterocycles. The largest absolute Gasteiger partial charge is 0.400 e. The maximum Gasteiger partial charge on any atom is 0.0452 e. The van der Waals surface area contributed by atoms with Crippen LogP contribution >= 0.6 is 23.2 Å². The molecule has 0 unspecified atom stereocenters. The van der Waals surface area contributed by atoms with Gasteiger partial charge < -0.3 is 5.11 Å². The molecule has 0 spiro atoms. The molecule has 0 atom stereocenters. The molecule has 0 aliphatic heterocycles. The molecular formula is C13H20Cl2O. The minimum atomic E-state index is 0.800. The van der Waals surface area contributed by atoms with Gasteiger partial charge in [0.25, 0.3) is 0 Å². The lowest BCUT2D eigenvalue weighted by Gasteiger charge is -2.05. The summed E-state index contributed by atoms with van der Waals surface area (Å²) in [6, 6.07) is 5.70. The van der Waals surface area contributed by atoms with Crippen molar-refractivity contribution in [3.05, 3.63) is 33.8 Å². The van der Waals surface area contributed by atoms with E-state index in [1.165, 1.54) is 25.7 Å². The molecule has 0 radical (unpaired) electrons. The van der Waals surface area contributed by atoms with Crippen molar-refractivity contribution >= 4 is 23.2 Å². The first-order valence-corrected chi connectivity index (χ1v) is 6.39. The second kappa shape index (κ2) is 9.95. The van der Waals surface area contributed by atoms with Crippen molar-refractivity contribution in [1.82, 2.24) is 0 Å². The fourth-order valence-electron chi connectivity index (χ4n) is 1.50. The van der Waals surface area contributed by atoms with Crippen molar-refractivity contribution in [1.29, 1.82) is 0 Å². The van der Waals surface area contributed by atoms with E-state index in [4.69, 9.17) is 28.3 Å². The first-order chi connectivity index (χ1) is 7.75. The van der Waals surface area contributed by atoms with Crippen LogP contribution in [0, 0.1) is 0 Å². The van der Waals surface area contributed by atoms with Crippen molar-refractivity contribution in [2.45, 2.75) is 39.0 Å². The summed E-state index contributed by atoms with van der Waals surface area (Å²) in [5.41, 5.74) is 1.10. The van der Waals surface area contributed by atoms with Gasteiger partial charge in [0, 0.05) is 17.2 Å². The molecule has 0 aliphatic rings. The lowest BCUT2D eigenvalue weighted by Crippen LogP contribution is -1.88. The summed E-state index contributed by atoms with van der Waals surface area (Å²) >= 11 is 12.1. The Balaban J connectivity index is 0.00000106. The third-order valence-corrected chi connectivity index (χ3v) is 3.05. The molecule has 0 aliphatic carbocycles. The van der Waals surface area contributed by atoms with Crippen LogP contribution in [-0.4, -0.2) is 12.2 Å². The van der Waals surface area contributed by atoms with E-state index in [1.807, 2.05) is 18.2 Å². The Bertz CT molecular complexity index is 267. The molecule has 0 aromatic heterocycles. The molecule has 0 saturated carbocycles. The third kappa shape index (κ3) is 5.74. The molecule has 1 N–H and O–H groups in total. The number of unbranched alkanes of at least 4 members (excludes halogenated alkanes) is 3. The highest BCUT2D eigenvalue weighted by Crippen LogP contribution is 2.25. The van der Waals surface area contributed by atoms with Gasteiger partial charge in [-0.2, -0.15) is 0 Å². The minimum Gasteiger partial charge on any atom is -0.400 e. The summed E-state index contributed by atoms with van der Waals surface area (Å²) in [6.07, 6.45) is 5.99. The molecule has 0 fully saturated rings. The second-order valence-corrected chi connectivity index (χ2v) is 4.33. The molecule has 1 nitrogen and oxygen atoms in total. The molecule has 1 aromatic rings. The van der Waals surface area contributed by atoms with Crippen LogP contribution in [-0.2, 0) is 6.42 Å². The predicted octanol–water partition coefficient (Wildman–Crippen LogP) is 4.72. The van der Waals surface area contributed by atoms with Crippen molar-refractivity contribution in [3.63, 3.8) is 0 Å². The molecule has 1 rings (SSSR count). The molecule has 16 heavy (non-hydrogen) atoms. The summed E-state index contributed by atoms with van der Waals surface area (Å²) in [5, 5.41) is 8.60. The Morgan fingerprint density at radius 3 is 2.06 bits per heavy atom. The Morgan fingerprint density at radius 1 is 1.00 bits per heavy atom. The van der Waals surface area contributed by atoms with Crippen LogP contribution in [0.2, 0.25) is 10.0 Å². The summed E-state index contributed by atoms with van der Waals surface area (Å²) in [6.45, 7) is 2.21. The Morgan fingerprint density at radius 2 is 1.56 bits per heavy atom. The maximum atomic E-state index is 7.00. The Kier molecular flexibility index (Phi) is 9.80. The number of benzene rings is 1. The van der Waals surface area contributed by atoms with Gasteiger partial charge in [-0.15, -0.1) is 0 Å². The predicted molar refractivity (Wildman–Crippen MR) is 72.5 cm³/mol. The van der Waals surface area contributed by atoms with Gasteiger partial charge in [-0.1, -0.05) is 55.5 Å². The molecule has 0 bridgehead atoms. The Hall–Kier alpha value is -0.240. The number of hydrogen-bond acceptors (Lipinski definition) is 1. The van der Waals surface area contributed by atoms with Crippen LogP contribution < -0.4 is 0 Å². The zero-order valence-electron chi connectivity index (χ0n) is 9.97. The summed E-state index contributed by atoms with van der Waals surface area (Å²) < 4.78 is 0. The van der Waals surface area contributed by atoms with Crippen molar-refractivity contribution in [3.8, 4) is 0 Å². The van der Waals surface area contributed by atoms with Crippen LogP contribution in [0.5, 0.6) is 0 Å². The number of halogens is 2. The Labute approximate surface area is 108 Å². The van der Waals surface area contributed by atoms with Gasteiger partial charge in [0.15, 0.2) is 0 Å². The van der Waals surface area contributed by atoms with Gasteiger partial charge in [0.1, 0.15) is 0 Å². The number of hydrogen-bond donors (Lipinski definition) is 1. The molecule has 92 valence electrons. The van der Waals surface area contributed by atoms with Gasteiger partial charge in [-0.3, -0.25) is 0 Å². The second-order valence-electron chi connectivity index (χ2n) is 3.51. The summed E-state index contributed by atoms with van der Waals surface area (Å²) in [5.74, 6) is 0. The molecule has 0 amide bonds. The first-order valence-electron chi connectivity index (χ1n) is 5.63. The fraction of sp³-hybridized carbons (Fsp3) is 0.538. The highest BCUT2D eigenvalue weighted by atomic mass is 35.5. The number of aliphatic hydroxyl groups is 1. The van der Waals surface area contributed by atoms with Crippen LogP contribution in [0.1, 0.15) is 38.2 Å². The van der Waals surface area contributed by atoms with Gasteiger partial charge in [-0.25, -0.2) is 0 Å². The quantitative estimate of drug-likeness (QED) is 0.762. The summed E-state index contributed by atoms with van der Waals surface area (Å²) in [7, 11) is 1.00. The molecule has 3 heteroatoms. The van der Waals surface area contributed by atoms with E-state index in [-0.39, 0.29) is 0 Å². The van der Waals surface area contributed by atoms with Gasteiger partial charge >= 0.3 is 0 Å². The van der Waals surface area contributed by atoms with E-state index >= 15 is 0 Å². The molecule has 1 aromatic carbocycles. The van der Waals surface area contributed by atoms with Crippen molar-refractivity contribution in [2.24, 2.45) is 0 Å². The van der Waals surface area contributed by atoms with Gasteiger partial charge in [0.05, 0.1) is 0 Å². The smallest absolute Gasteiger partial charge is 0.0452 e. The maximum absolute atomic E-state index is 7.00. The van der Waals surface area contributed by atoms with E-state index < -0.39 is 0 Å². The van der Waals surface area contributed by atoms with E-state index in [1.54, 1.807) is 0 Å². The van der Waals surface area contributed by atoms with Crippen molar-refractivity contribution in [2.75, 3.05) is 7.11 Å². The van der Waals surface area contributed by atoms with E-state index in [0.717, 1.165) is 29.1 Å². The zero-order valence-corrected chi connectivity index (χ0v) is 11.5. The van der Waals surface area contributed by atoms with Crippen LogP contribution in [0.25, 0.3) is 0 Å². The van der Waals surface area contributed by atoms with Gasteiger partial charge in [0.2, 0.25) is 0 Å². The third-order valence-electron chi connectivity index (χ3n) is 2.34. The lowest BCUT2D eigenvalue weighted by atomic mass is 10.1. The topological polar surface area (TPSA) is 20.2 Å². The molecular weight excluding hydrogens is 243 g/mol. The van der Waals surface area contributed by atoms with E-state index in [0.29, 0.717) is 0 Å². The fourth-order valence-corrected chi connectivity index (χ4v) is 2.09. The molecule has 0 heterocycles. The van der Waals surface area contributed by atoms with Crippen LogP contribution in [0.3, 0.4) is 0 Å². The average molecular weight is 263 g/mol. The average Bonchev–Trinajstić information content (AvgIpc) is 2.30. The van der Waals surface area contributed by atoms with Crippen molar-refractivity contribution < 1.29 is 5.11 Å². The summed E-state index contributed by atoms with van der Waals surface area (Å²) in [4.78, 5) is 0. The highest BCUT2D eigenvalue weighted by molar-refractivity contribution is 6.35. The lowest BCUT2D eigenvalue weighted by molar-refractivity contribution is 0.399.